The summed E-state index contributed by atoms with van der Waals surface area (Å²) in [7, 11) is 1.16. The van der Waals surface area contributed by atoms with E-state index in [2.05, 4.69) is 20.7 Å². The van der Waals surface area contributed by atoms with Crippen molar-refractivity contribution in [2.75, 3.05) is 7.11 Å². The average molecular weight is 289 g/mol. The lowest BCUT2D eigenvalue weighted by molar-refractivity contribution is -0.156. The Morgan fingerprint density at radius 3 is 2.62 bits per heavy atom. The Labute approximate surface area is 102 Å². The molecule has 0 aliphatic carbocycles. The fraction of sp³-hybridized carbons (Fsp3) is 0.364. The largest absolute Gasteiger partial charge is 0.467 e. The Bertz CT molecular complexity index is 392. The lowest BCUT2D eigenvalue weighted by Gasteiger charge is -2.18. The van der Waals surface area contributed by atoms with Crippen LogP contribution in [0.25, 0.3) is 0 Å². The van der Waals surface area contributed by atoms with Crippen molar-refractivity contribution in [2.45, 2.75) is 19.1 Å². The van der Waals surface area contributed by atoms with Gasteiger partial charge in [-0.25, -0.2) is 4.79 Å². The lowest BCUT2D eigenvalue weighted by Crippen LogP contribution is -2.29. The lowest BCUT2D eigenvalue weighted by atomic mass is 9.99. The first-order valence-electron chi connectivity index (χ1n) is 4.68. The third kappa shape index (κ3) is 2.61. The molecule has 0 saturated heterocycles. The molecule has 2 N–H and O–H groups in total. The predicted octanol–water partition coefficient (Wildman–Crippen LogP) is 1.32. The van der Waals surface area contributed by atoms with Crippen LogP contribution in [-0.2, 0) is 9.53 Å². The first kappa shape index (κ1) is 13.2. The summed E-state index contributed by atoms with van der Waals surface area (Å²) in [4.78, 5) is 11.1. The number of hydrogen-bond acceptors (Lipinski definition) is 4. The van der Waals surface area contributed by atoms with Crippen molar-refractivity contribution in [3.63, 3.8) is 0 Å². The number of carbonyl (C=O) groups excluding carboxylic acids is 1. The van der Waals surface area contributed by atoms with Crippen LogP contribution in [0.15, 0.2) is 22.7 Å². The van der Waals surface area contributed by atoms with Gasteiger partial charge in [0.05, 0.1) is 7.11 Å². The monoisotopic (exact) mass is 288 g/mol. The van der Waals surface area contributed by atoms with Crippen LogP contribution < -0.4 is 0 Å². The SMILES string of the molecule is COC(=O)C(O)C(O)c1cccc(Br)c1C. The van der Waals surface area contributed by atoms with Gasteiger partial charge in [-0.15, -0.1) is 0 Å². The third-order valence-electron chi connectivity index (χ3n) is 2.37. The molecular weight excluding hydrogens is 276 g/mol. The predicted molar refractivity (Wildman–Crippen MR) is 61.9 cm³/mol. The highest BCUT2D eigenvalue weighted by Gasteiger charge is 2.27. The van der Waals surface area contributed by atoms with E-state index in [9.17, 15) is 15.0 Å². The maximum Gasteiger partial charge on any atom is 0.337 e. The fourth-order valence-electron chi connectivity index (χ4n) is 1.36. The number of methoxy groups -OCH3 is 1. The number of rotatable bonds is 3. The van der Waals surface area contributed by atoms with E-state index in [0.29, 0.717) is 5.56 Å². The summed E-state index contributed by atoms with van der Waals surface area (Å²) in [5.74, 6) is -0.855. The van der Waals surface area contributed by atoms with Crippen LogP contribution in [0, 0.1) is 6.92 Å². The summed E-state index contributed by atoms with van der Waals surface area (Å²) in [6.45, 7) is 1.78. The van der Waals surface area contributed by atoms with Gasteiger partial charge in [-0.1, -0.05) is 28.1 Å². The summed E-state index contributed by atoms with van der Waals surface area (Å²) < 4.78 is 5.17. The normalized spacial score (nSPS) is 14.3. The molecule has 88 valence electrons. The second-order valence-electron chi connectivity index (χ2n) is 3.37. The van der Waals surface area contributed by atoms with E-state index in [-0.39, 0.29) is 0 Å². The van der Waals surface area contributed by atoms with Gasteiger partial charge in [-0.05, 0) is 24.1 Å². The minimum absolute atomic E-state index is 0.493. The zero-order valence-electron chi connectivity index (χ0n) is 8.98. The van der Waals surface area contributed by atoms with E-state index in [4.69, 9.17) is 0 Å². The van der Waals surface area contributed by atoms with Crippen molar-refractivity contribution in [3.8, 4) is 0 Å². The highest BCUT2D eigenvalue weighted by atomic mass is 79.9. The van der Waals surface area contributed by atoms with Gasteiger partial charge in [-0.3, -0.25) is 0 Å². The fourth-order valence-corrected chi connectivity index (χ4v) is 1.75. The van der Waals surface area contributed by atoms with Gasteiger partial charge in [0.2, 0.25) is 0 Å². The average Bonchev–Trinajstić information content (AvgIpc) is 2.29. The Kier molecular flexibility index (Phi) is 4.46. The third-order valence-corrected chi connectivity index (χ3v) is 3.23. The molecule has 0 heterocycles. The number of halogens is 1. The maximum absolute atomic E-state index is 11.1. The number of hydrogen-bond donors (Lipinski definition) is 2. The summed E-state index contributed by atoms with van der Waals surface area (Å²) in [5, 5.41) is 19.3. The molecule has 0 saturated carbocycles. The highest BCUT2D eigenvalue weighted by molar-refractivity contribution is 9.10. The standard InChI is InChI=1S/C11H13BrO4/c1-6-7(4-3-5-8(6)12)9(13)10(14)11(15)16-2/h3-5,9-10,13-14H,1-2H3. The van der Waals surface area contributed by atoms with Crippen LogP contribution in [0.2, 0.25) is 0 Å². The number of carbonyl (C=O) groups is 1. The molecule has 2 unspecified atom stereocenters. The summed E-state index contributed by atoms with van der Waals surface area (Å²) in [5.41, 5.74) is 1.27. The van der Waals surface area contributed by atoms with Crippen LogP contribution >= 0.6 is 15.9 Å². The number of benzene rings is 1. The first-order valence-corrected chi connectivity index (χ1v) is 5.47. The van der Waals surface area contributed by atoms with Crippen molar-refractivity contribution in [1.29, 1.82) is 0 Å². The Balaban J connectivity index is 3.00. The minimum atomic E-state index is -1.57. The summed E-state index contributed by atoms with van der Waals surface area (Å²) in [6, 6.07) is 5.19. The second kappa shape index (κ2) is 5.43. The van der Waals surface area contributed by atoms with Crippen LogP contribution in [0.4, 0.5) is 0 Å². The summed E-state index contributed by atoms with van der Waals surface area (Å²) >= 11 is 3.31. The van der Waals surface area contributed by atoms with Gasteiger partial charge >= 0.3 is 5.97 Å². The van der Waals surface area contributed by atoms with Crippen molar-refractivity contribution in [2.24, 2.45) is 0 Å². The van der Waals surface area contributed by atoms with E-state index >= 15 is 0 Å². The molecule has 0 spiro atoms. The Morgan fingerprint density at radius 2 is 2.06 bits per heavy atom. The maximum atomic E-state index is 11.1. The van der Waals surface area contributed by atoms with Gasteiger partial charge < -0.3 is 14.9 Å². The molecular formula is C11H13BrO4. The van der Waals surface area contributed by atoms with E-state index in [1.54, 1.807) is 19.1 Å². The van der Waals surface area contributed by atoms with Crippen LogP contribution in [-0.4, -0.2) is 29.4 Å². The van der Waals surface area contributed by atoms with Crippen LogP contribution in [0.3, 0.4) is 0 Å². The quantitative estimate of drug-likeness (QED) is 0.824. The number of ether oxygens (including phenoxy) is 1. The van der Waals surface area contributed by atoms with E-state index in [1.165, 1.54) is 0 Å². The molecule has 1 aromatic rings. The second-order valence-corrected chi connectivity index (χ2v) is 4.22. The molecule has 0 radical (unpaired) electrons. The van der Waals surface area contributed by atoms with Gasteiger partial charge in [-0.2, -0.15) is 0 Å². The van der Waals surface area contributed by atoms with Gasteiger partial charge in [0.15, 0.2) is 6.10 Å². The molecule has 1 rings (SSSR count). The molecule has 0 aliphatic rings. The van der Waals surface area contributed by atoms with Crippen molar-refractivity contribution in [3.05, 3.63) is 33.8 Å². The molecule has 16 heavy (non-hydrogen) atoms. The van der Waals surface area contributed by atoms with Crippen molar-refractivity contribution >= 4 is 21.9 Å². The summed E-state index contributed by atoms with van der Waals surface area (Å²) in [6.07, 6.45) is -2.86. The van der Waals surface area contributed by atoms with Gasteiger partial charge in [0.1, 0.15) is 6.10 Å². The van der Waals surface area contributed by atoms with E-state index < -0.39 is 18.2 Å². The molecule has 0 amide bonds. The van der Waals surface area contributed by atoms with E-state index in [0.717, 1.165) is 17.1 Å². The number of aliphatic hydroxyl groups excluding tert-OH is 2. The molecule has 4 nitrogen and oxygen atoms in total. The van der Waals surface area contributed by atoms with Crippen LogP contribution in [0.5, 0.6) is 0 Å². The van der Waals surface area contributed by atoms with E-state index in [1.807, 2.05) is 6.07 Å². The Hall–Kier alpha value is -0.910. The Morgan fingerprint density at radius 1 is 1.44 bits per heavy atom. The molecule has 2 atom stereocenters. The number of aliphatic hydroxyl groups is 2. The molecule has 5 heteroatoms. The molecule has 0 aliphatic heterocycles. The molecule has 1 aromatic carbocycles. The molecule has 0 aromatic heterocycles. The van der Waals surface area contributed by atoms with Crippen molar-refractivity contribution < 1.29 is 19.7 Å². The zero-order chi connectivity index (χ0) is 12.3. The molecule has 0 fully saturated rings. The first-order chi connectivity index (χ1) is 7.49. The van der Waals surface area contributed by atoms with Crippen molar-refractivity contribution in [1.82, 2.24) is 0 Å². The zero-order valence-corrected chi connectivity index (χ0v) is 10.6. The topological polar surface area (TPSA) is 66.8 Å². The highest BCUT2D eigenvalue weighted by Crippen LogP contribution is 2.26. The van der Waals surface area contributed by atoms with Gasteiger partial charge in [0.25, 0.3) is 0 Å². The van der Waals surface area contributed by atoms with Crippen LogP contribution in [0.1, 0.15) is 17.2 Å². The molecule has 0 bridgehead atoms. The number of esters is 1. The minimum Gasteiger partial charge on any atom is -0.467 e. The van der Waals surface area contributed by atoms with Gasteiger partial charge in [0, 0.05) is 4.47 Å². The smallest absolute Gasteiger partial charge is 0.337 e.